The van der Waals surface area contributed by atoms with Gasteiger partial charge in [-0.05, 0) is 60.1 Å². The van der Waals surface area contributed by atoms with Crippen molar-refractivity contribution in [1.82, 2.24) is 25.3 Å². The highest BCUT2D eigenvalue weighted by Crippen LogP contribution is 2.15. The second-order valence-corrected chi connectivity index (χ2v) is 5.71. The van der Waals surface area contributed by atoms with E-state index in [-0.39, 0.29) is 6.04 Å². The lowest BCUT2D eigenvalue weighted by Gasteiger charge is -2.17. The molecule has 5 nitrogen and oxygen atoms in total. The van der Waals surface area contributed by atoms with E-state index in [4.69, 9.17) is 12.2 Å². The van der Waals surface area contributed by atoms with E-state index in [1.807, 2.05) is 11.6 Å². The molecule has 2 N–H and O–H groups in total. The quantitative estimate of drug-likeness (QED) is 0.592. The van der Waals surface area contributed by atoms with Gasteiger partial charge in [-0.3, -0.25) is 4.68 Å². The average Bonchev–Trinajstić information content (AvgIpc) is 2.76. The fraction of sp³-hybridized carbons (Fsp3) is 0.714. The molecule has 0 aliphatic rings. The number of thiocarbonyl (C=S) groups is 1. The molecule has 1 heterocycles. The summed E-state index contributed by atoms with van der Waals surface area (Å²) in [6.07, 6.45) is 3.16. The van der Waals surface area contributed by atoms with Gasteiger partial charge in [-0.25, -0.2) is 0 Å². The second-order valence-electron chi connectivity index (χ2n) is 5.30. The van der Waals surface area contributed by atoms with Crippen LogP contribution in [0.3, 0.4) is 0 Å². The fourth-order valence-electron chi connectivity index (χ4n) is 2.04. The summed E-state index contributed by atoms with van der Waals surface area (Å²) in [6.45, 7) is 9.08. The molecule has 1 unspecified atom stereocenters. The molecule has 6 heteroatoms. The van der Waals surface area contributed by atoms with Crippen LogP contribution in [0, 0.1) is 6.92 Å². The Hall–Kier alpha value is -1.14. The summed E-state index contributed by atoms with van der Waals surface area (Å²) in [5.41, 5.74) is 2.26. The van der Waals surface area contributed by atoms with Crippen molar-refractivity contribution < 1.29 is 0 Å². The Morgan fingerprint density at radius 3 is 2.75 bits per heavy atom. The van der Waals surface area contributed by atoms with Gasteiger partial charge in [-0.2, -0.15) is 5.10 Å². The molecule has 0 spiro atoms. The Morgan fingerprint density at radius 1 is 1.50 bits per heavy atom. The predicted octanol–water partition coefficient (Wildman–Crippen LogP) is 1.69. The van der Waals surface area contributed by atoms with Crippen LogP contribution in [0.15, 0.2) is 6.20 Å². The lowest BCUT2D eigenvalue weighted by atomic mass is 10.1. The van der Waals surface area contributed by atoms with Crippen molar-refractivity contribution >= 4 is 17.3 Å². The van der Waals surface area contributed by atoms with Crippen LogP contribution in [0.1, 0.15) is 37.6 Å². The fourth-order valence-corrected chi connectivity index (χ4v) is 2.32. The Labute approximate surface area is 127 Å². The molecule has 0 aromatic carbocycles. The minimum atomic E-state index is 0.171. The van der Waals surface area contributed by atoms with Crippen molar-refractivity contribution in [2.75, 3.05) is 27.2 Å². The van der Waals surface area contributed by atoms with E-state index in [0.717, 1.165) is 31.7 Å². The number of rotatable bonds is 7. The maximum Gasteiger partial charge on any atom is 0.166 e. The Kier molecular flexibility index (Phi) is 6.95. The smallest absolute Gasteiger partial charge is 0.166 e. The lowest BCUT2D eigenvalue weighted by molar-refractivity contribution is 0.400. The maximum absolute atomic E-state index is 5.32. The van der Waals surface area contributed by atoms with Crippen LogP contribution in [0.5, 0.6) is 0 Å². The molecule has 0 bridgehead atoms. The molecule has 1 atom stereocenters. The first-order valence-corrected chi connectivity index (χ1v) is 7.58. The molecular formula is C14H27N5S. The van der Waals surface area contributed by atoms with Crippen molar-refractivity contribution in [1.29, 1.82) is 0 Å². The average molecular weight is 297 g/mol. The summed E-state index contributed by atoms with van der Waals surface area (Å²) >= 11 is 5.32. The largest absolute Gasteiger partial charge is 0.363 e. The van der Waals surface area contributed by atoms with Crippen LogP contribution in [0.4, 0.5) is 0 Å². The van der Waals surface area contributed by atoms with Crippen molar-refractivity contribution in [3.05, 3.63) is 17.5 Å². The highest BCUT2D eigenvalue weighted by molar-refractivity contribution is 7.80. The van der Waals surface area contributed by atoms with Gasteiger partial charge in [0.1, 0.15) is 0 Å². The third-order valence-corrected chi connectivity index (χ3v) is 3.45. The van der Waals surface area contributed by atoms with Crippen molar-refractivity contribution in [3.63, 3.8) is 0 Å². The zero-order valence-electron chi connectivity index (χ0n) is 13.2. The van der Waals surface area contributed by atoms with Crippen molar-refractivity contribution in [3.8, 4) is 0 Å². The van der Waals surface area contributed by atoms with E-state index in [9.17, 15) is 0 Å². The number of hydrogen-bond donors (Lipinski definition) is 2. The third kappa shape index (κ3) is 5.46. The minimum absolute atomic E-state index is 0.171. The molecule has 0 radical (unpaired) electrons. The topological polar surface area (TPSA) is 45.1 Å². The van der Waals surface area contributed by atoms with E-state index < -0.39 is 0 Å². The molecule has 20 heavy (non-hydrogen) atoms. The zero-order chi connectivity index (χ0) is 15.1. The molecule has 1 aromatic heterocycles. The first-order valence-electron chi connectivity index (χ1n) is 7.17. The summed E-state index contributed by atoms with van der Waals surface area (Å²) < 4.78 is 1.95. The van der Waals surface area contributed by atoms with Gasteiger partial charge in [-0.15, -0.1) is 0 Å². The standard InChI is InChI=1S/C14H27N5S/c1-6-19-10-13(12(3)17-19)11(2)16-14(20)15-8-7-9-18(4)5/h10-11H,6-9H2,1-5H3,(H2,15,16,20). The normalized spacial score (nSPS) is 12.5. The summed E-state index contributed by atoms with van der Waals surface area (Å²) in [5, 5.41) is 11.7. The predicted molar refractivity (Wildman–Crippen MR) is 88.0 cm³/mol. The summed E-state index contributed by atoms with van der Waals surface area (Å²) in [5.74, 6) is 0. The van der Waals surface area contributed by atoms with Crippen LogP contribution in [-0.4, -0.2) is 47.0 Å². The molecule has 0 aliphatic heterocycles. The van der Waals surface area contributed by atoms with Gasteiger partial charge in [-0.1, -0.05) is 0 Å². The van der Waals surface area contributed by atoms with Gasteiger partial charge in [0.05, 0.1) is 11.7 Å². The van der Waals surface area contributed by atoms with Crippen LogP contribution < -0.4 is 10.6 Å². The maximum atomic E-state index is 5.32. The second kappa shape index (κ2) is 8.21. The SMILES string of the molecule is CCn1cc(C(C)NC(=S)NCCCN(C)C)c(C)n1. The van der Waals surface area contributed by atoms with Crippen LogP contribution >= 0.6 is 12.2 Å². The molecule has 0 saturated carbocycles. The molecule has 1 rings (SSSR count). The zero-order valence-corrected chi connectivity index (χ0v) is 14.0. The van der Waals surface area contributed by atoms with Gasteiger partial charge in [0, 0.05) is 24.8 Å². The summed E-state index contributed by atoms with van der Waals surface area (Å²) in [4.78, 5) is 2.17. The molecule has 0 aliphatic carbocycles. The number of nitrogens with zero attached hydrogens (tertiary/aromatic N) is 3. The third-order valence-electron chi connectivity index (χ3n) is 3.19. The summed E-state index contributed by atoms with van der Waals surface area (Å²) in [6, 6.07) is 0.171. The highest BCUT2D eigenvalue weighted by Gasteiger charge is 2.12. The van der Waals surface area contributed by atoms with E-state index in [1.165, 1.54) is 5.56 Å². The minimum Gasteiger partial charge on any atom is -0.363 e. The number of aryl methyl sites for hydroxylation is 2. The highest BCUT2D eigenvalue weighted by atomic mass is 32.1. The Balaban J connectivity index is 2.39. The molecule has 0 saturated heterocycles. The van der Waals surface area contributed by atoms with E-state index >= 15 is 0 Å². The van der Waals surface area contributed by atoms with Gasteiger partial charge < -0.3 is 15.5 Å². The molecule has 1 aromatic rings. The first kappa shape index (κ1) is 16.9. The van der Waals surface area contributed by atoms with Crippen molar-refractivity contribution in [2.45, 2.75) is 39.8 Å². The van der Waals surface area contributed by atoms with Gasteiger partial charge in [0.15, 0.2) is 5.11 Å². The van der Waals surface area contributed by atoms with Gasteiger partial charge >= 0.3 is 0 Å². The molecular weight excluding hydrogens is 270 g/mol. The van der Waals surface area contributed by atoms with Crippen LogP contribution in [0.25, 0.3) is 0 Å². The van der Waals surface area contributed by atoms with E-state index in [0.29, 0.717) is 5.11 Å². The summed E-state index contributed by atoms with van der Waals surface area (Å²) in [7, 11) is 4.15. The number of hydrogen-bond acceptors (Lipinski definition) is 3. The first-order chi connectivity index (χ1) is 9.43. The van der Waals surface area contributed by atoms with Gasteiger partial charge in [0.2, 0.25) is 0 Å². The lowest BCUT2D eigenvalue weighted by Crippen LogP contribution is -2.38. The van der Waals surface area contributed by atoms with Crippen molar-refractivity contribution in [2.24, 2.45) is 0 Å². The monoisotopic (exact) mass is 297 g/mol. The van der Waals surface area contributed by atoms with E-state index in [1.54, 1.807) is 0 Å². The van der Waals surface area contributed by atoms with Gasteiger partial charge in [0.25, 0.3) is 0 Å². The molecule has 0 fully saturated rings. The van der Waals surface area contributed by atoms with Crippen LogP contribution in [0.2, 0.25) is 0 Å². The van der Waals surface area contributed by atoms with E-state index in [2.05, 4.69) is 54.8 Å². The molecule has 114 valence electrons. The molecule has 0 amide bonds. The Bertz CT molecular complexity index is 427. The van der Waals surface area contributed by atoms with Crippen LogP contribution in [-0.2, 0) is 6.54 Å². The number of nitrogens with one attached hydrogen (secondary N) is 2. The Morgan fingerprint density at radius 2 is 2.20 bits per heavy atom. The number of aromatic nitrogens is 2.